The first-order chi connectivity index (χ1) is 15.2. The second-order valence-corrected chi connectivity index (χ2v) is 8.38. The van der Waals surface area contributed by atoms with Crippen LogP contribution in [0.2, 0.25) is 0 Å². The number of nitrogens with zero attached hydrogens (tertiary/aromatic N) is 5. The Morgan fingerprint density at radius 2 is 1.94 bits per heavy atom. The maximum absolute atomic E-state index is 13.2. The highest BCUT2D eigenvalue weighted by Gasteiger charge is 2.42. The van der Waals surface area contributed by atoms with Crippen LogP contribution in [0.5, 0.6) is 0 Å². The van der Waals surface area contributed by atoms with Crippen molar-refractivity contribution in [2.75, 3.05) is 4.90 Å². The van der Waals surface area contributed by atoms with E-state index in [1.165, 1.54) is 0 Å². The molecule has 0 N–H and O–H groups in total. The molecule has 0 spiro atoms. The Labute approximate surface area is 188 Å². The van der Waals surface area contributed by atoms with Gasteiger partial charge in [-0.3, -0.25) is 14.7 Å². The molecule has 0 fully saturated rings. The smallest absolute Gasteiger partial charge is 0.161 e. The van der Waals surface area contributed by atoms with Crippen molar-refractivity contribution < 1.29 is 4.79 Å². The molecule has 31 heavy (non-hydrogen) atoms. The van der Waals surface area contributed by atoms with Crippen LogP contribution in [0.25, 0.3) is 5.82 Å². The average Bonchev–Trinajstić information content (AvgIpc) is 3.33. The van der Waals surface area contributed by atoms with Gasteiger partial charge in [0, 0.05) is 53.1 Å². The van der Waals surface area contributed by atoms with Crippen LogP contribution in [0, 0.1) is 11.3 Å². The number of carbonyl (C=O) groups excluding carboxylic acids is 1. The Hall–Kier alpha value is -3.50. The molecule has 0 aromatic carbocycles. The predicted octanol–water partition coefficient (Wildman–Crippen LogP) is 5.04. The lowest BCUT2D eigenvalue weighted by Gasteiger charge is -2.40. The van der Waals surface area contributed by atoms with Gasteiger partial charge in [0.15, 0.2) is 5.78 Å². The largest absolute Gasteiger partial charge is 0.309 e. The summed E-state index contributed by atoms with van der Waals surface area (Å²) in [7, 11) is 0. The zero-order chi connectivity index (χ0) is 21.4. The second-order valence-electron chi connectivity index (χ2n) is 7.47. The van der Waals surface area contributed by atoms with E-state index in [0.717, 1.165) is 28.6 Å². The number of hydrogen-bond acceptors (Lipinski definition) is 5. The highest BCUT2D eigenvalue weighted by molar-refractivity contribution is 9.10. The van der Waals surface area contributed by atoms with Gasteiger partial charge in [0.25, 0.3) is 0 Å². The van der Waals surface area contributed by atoms with E-state index < -0.39 is 5.92 Å². The second kappa shape index (κ2) is 7.97. The van der Waals surface area contributed by atoms with Crippen molar-refractivity contribution in [1.29, 1.82) is 5.26 Å². The first-order valence-electron chi connectivity index (χ1n) is 10.0. The highest BCUT2D eigenvalue weighted by Crippen LogP contribution is 2.48. The van der Waals surface area contributed by atoms with Gasteiger partial charge < -0.3 is 4.57 Å². The van der Waals surface area contributed by atoms with Crippen LogP contribution in [0.1, 0.15) is 30.7 Å². The van der Waals surface area contributed by atoms with Crippen molar-refractivity contribution in [2.45, 2.75) is 25.2 Å². The Morgan fingerprint density at radius 1 is 1.10 bits per heavy atom. The Balaban J connectivity index is 1.84. The molecule has 0 radical (unpaired) electrons. The van der Waals surface area contributed by atoms with Crippen LogP contribution >= 0.6 is 15.9 Å². The minimum absolute atomic E-state index is 0.0801. The maximum Gasteiger partial charge on any atom is 0.161 e. The molecule has 7 heteroatoms. The van der Waals surface area contributed by atoms with Gasteiger partial charge in [-0.1, -0.05) is 6.07 Å². The van der Waals surface area contributed by atoms with Gasteiger partial charge in [0.1, 0.15) is 11.6 Å². The van der Waals surface area contributed by atoms with E-state index in [1.54, 1.807) is 18.6 Å². The third-order valence-electron chi connectivity index (χ3n) is 5.66. The molecular weight excluding hydrogens is 454 g/mol. The number of rotatable bonds is 3. The topological polar surface area (TPSA) is 74.8 Å². The fraction of sp³-hybridized carbons (Fsp3) is 0.167. The van der Waals surface area contributed by atoms with Crippen LogP contribution in [0.15, 0.2) is 88.7 Å². The number of hydrogen-bond donors (Lipinski definition) is 0. The molecule has 0 amide bonds. The lowest BCUT2D eigenvalue weighted by Crippen LogP contribution is -2.37. The number of pyridine rings is 2. The van der Waals surface area contributed by atoms with Crippen molar-refractivity contribution in [3.63, 3.8) is 0 Å². The molecule has 1 atom stereocenters. The standard InChI is InChI=1S/C24H18BrN5O/c25-17-8-9-21(28-15-17)30-19-6-3-7-20(31)23(19)22(16-5-4-10-27-14-16)18(13-26)24(30)29-11-1-2-12-29/h1-2,4-5,8-12,14-15,22H,3,6-7H2/t22-/m0/s1. The molecule has 1 aliphatic heterocycles. The SMILES string of the molecule is N#CC1=C(n2cccc2)N(c2ccc(Br)cn2)C2=C(C(=O)CCC2)[C@H]1c1cccnc1. The van der Waals surface area contributed by atoms with Crippen molar-refractivity contribution in [3.8, 4) is 6.07 Å². The number of allylic oxidation sites excluding steroid dienone is 3. The summed E-state index contributed by atoms with van der Waals surface area (Å²) in [6.45, 7) is 0. The van der Waals surface area contributed by atoms with Gasteiger partial charge >= 0.3 is 0 Å². The normalized spacial score (nSPS) is 18.8. The minimum atomic E-state index is -0.453. The van der Waals surface area contributed by atoms with Crippen LogP contribution in [0.4, 0.5) is 5.82 Å². The van der Waals surface area contributed by atoms with E-state index in [1.807, 2.05) is 58.3 Å². The number of nitriles is 1. The van der Waals surface area contributed by atoms with Gasteiger partial charge in [-0.2, -0.15) is 5.26 Å². The van der Waals surface area contributed by atoms with Gasteiger partial charge in [0.2, 0.25) is 0 Å². The lowest BCUT2D eigenvalue weighted by molar-refractivity contribution is -0.116. The Kier molecular flexibility index (Phi) is 5.00. The summed E-state index contributed by atoms with van der Waals surface area (Å²) in [5, 5.41) is 10.3. The molecule has 0 unspecified atom stereocenters. The van der Waals surface area contributed by atoms with Gasteiger partial charge in [0.05, 0.1) is 17.6 Å². The van der Waals surface area contributed by atoms with Crippen LogP contribution < -0.4 is 4.90 Å². The zero-order valence-corrected chi connectivity index (χ0v) is 18.2. The van der Waals surface area contributed by atoms with Crippen molar-refractivity contribution in [3.05, 3.63) is 94.3 Å². The molecule has 5 rings (SSSR count). The molecule has 3 aromatic rings. The molecule has 4 heterocycles. The molecule has 0 bridgehead atoms. The Morgan fingerprint density at radius 3 is 2.61 bits per heavy atom. The molecule has 3 aromatic heterocycles. The first kappa shape index (κ1) is 19.5. The molecule has 1 aliphatic carbocycles. The molecule has 0 saturated carbocycles. The van der Waals surface area contributed by atoms with Crippen LogP contribution in [0.3, 0.4) is 0 Å². The predicted molar refractivity (Wildman–Crippen MR) is 121 cm³/mol. The lowest BCUT2D eigenvalue weighted by atomic mass is 9.76. The monoisotopic (exact) mass is 471 g/mol. The van der Waals surface area contributed by atoms with E-state index in [0.29, 0.717) is 29.2 Å². The number of aromatic nitrogens is 3. The van der Waals surface area contributed by atoms with Gasteiger partial charge in [-0.05, 0) is 64.7 Å². The molecule has 152 valence electrons. The summed E-state index contributed by atoms with van der Waals surface area (Å²) in [6.07, 6.45) is 11.0. The van der Waals surface area contributed by atoms with E-state index in [9.17, 15) is 10.1 Å². The third-order valence-corrected chi connectivity index (χ3v) is 6.13. The molecule has 6 nitrogen and oxygen atoms in total. The van der Waals surface area contributed by atoms with Gasteiger partial charge in [-0.25, -0.2) is 4.98 Å². The number of anilines is 1. The zero-order valence-electron chi connectivity index (χ0n) is 16.6. The van der Waals surface area contributed by atoms with E-state index in [-0.39, 0.29) is 5.78 Å². The quantitative estimate of drug-likeness (QED) is 0.534. The maximum atomic E-state index is 13.2. The van der Waals surface area contributed by atoms with Crippen LogP contribution in [-0.4, -0.2) is 20.3 Å². The fourth-order valence-electron chi connectivity index (χ4n) is 4.40. The summed E-state index contributed by atoms with van der Waals surface area (Å²) in [4.78, 5) is 24.1. The average molecular weight is 472 g/mol. The first-order valence-corrected chi connectivity index (χ1v) is 10.8. The van der Waals surface area contributed by atoms with Crippen molar-refractivity contribution in [2.24, 2.45) is 0 Å². The van der Waals surface area contributed by atoms with Crippen LogP contribution in [-0.2, 0) is 4.79 Å². The summed E-state index contributed by atoms with van der Waals surface area (Å²) >= 11 is 3.44. The number of halogens is 1. The van der Waals surface area contributed by atoms with Crippen molar-refractivity contribution >= 4 is 33.4 Å². The third kappa shape index (κ3) is 3.29. The van der Waals surface area contributed by atoms with Crippen molar-refractivity contribution in [1.82, 2.24) is 14.5 Å². The minimum Gasteiger partial charge on any atom is -0.309 e. The molecule has 2 aliphatic rings. The summed E-state index contributed by atoms with van der Waals surface area (Å²) in [5.74, 6) is 0.998. The Bertz CT molecular complexity index is 1240. The number of carbonyl (C=O) groups is 1. The molecular formula is C24H18BrN5O. The molecule has 0 saturated heterocycles. The fourth-order valence-corrected chi connectivity index (χ4v) is 4.63. The van der Waals surface area contributed by atoms with Gasteiger partial charge in [-0.15, -0.1) is 0 Å². The number of ketones is 1. The highest BCUT2D eigenvalue weighted by atomic mass is 79.9. The van der Waals surface area contributed by atoms with E-state index in [4.69, 9.17) is 0 Å². The van der Waals surface area contributed by atoms with E-state index in [2.05, 4.69) is 32.0 Å². The summed E-state index contributed by atoms with van der Waals surface area (Å²) < 4.78 is 2.79. The van der Waals surface area contributed by atoms with E-state index >= 15 is 0 Å². The summed E-state index contributed by atoms with van der Waals surface area (Å²) in [6, 6.07) is 13.9. The number of Topliss-reactive ketones (excluding diaryl/α,β-unsaturated/α-hetero) is 1. The summed E-state index contributed by atoms with van der Waals surface area (Å²) in [5.41, 5.74) is 2.93.